The van der Waals surface area contributed by atoms with Crippen LogP contribution >= 0.6 is 15.9 Å². The van der Waals surface area contributed by atoms with Gasteiger partial charge in [0.05, 0.1) is 5.56 Å². The molecule has 0 bridgehead atoms. The van der Waals surface area contributed by atoms with Gasteiger partial charge >= 0.3 is 6.18 Å². The molecule has 0 aliphatic carbocycles. The van der Waals surface area contributed by atoms with Crippen molar-refractivity contribution in [3.05, 3.63) is 28.2 Å². The minimum atomic E-state index is -4.33. The van der Waals surface area contributed by atoms with Crippen molar-refractivity contribution >= 4 is 21.6 Å². The lowest BCUT2D eigenvalue weighted by atomic mass is 10.1. The minimum absolute atomic E-state index is 0.0749. The van der Waals surface area contributed by atoms with Crippen molar-refractivity contribution in [2.24, 2.45) is 0 Å². The molecule has 2 nitrogen and oxygen atoms in total. The van der Waals surface area contributed by atoms with Gasteiger partial charge in [0.25, 0.3) is 0 Å². The summed E-state index contributed by atoms with van der Waals surface area (Å²) in [6.45, 7) is 1.81. The summed E-state index contributed by atoms with van der Waals surface area (Å²) in [6, 6.07) is 4.51. The smallest absolute Gasteiger partial charge is 0.382 e. The average molecular weight is 323 g/mol. The molecule has 0 aromatic heterocycles. The highest BCUT2D eigenvalue weighted by Gasteiger charge is 2.33. The molecule has 0 spiro atoms. The molecule has 1 heterocycles. The molecule has 0 saturated carbocycles. The van der Waals surface area contributed by atoms with Gasteiger partial charge in [-0.1, -0.05) is 15.9 Å². The number of anilines is 1. The van der Waals surface area contributed by atoms with E-state index in [2.05, 4.69) is 26.6 Å². The van der Waals surface area contributed by atoms with Gasteiger partial charge in [-0.15, -0.1) is 0 Å². The van der Waals surface area contributed by atoms with E-state index in [1.807, 2.05) is 0 Å². The van der Waals surface area contributed by atoms with Gasteiger partial charge in [0, 0.05) is 16.2 Å². The molecule has 18 heavy (non-hydrogen) atoms. The number of alkyl halides is 3. The van der Waals surface area contributed by atoms with E-state index in [4.69, 9.17) is 0 Å². The second-order valence-electron chi connectivity index (χ2n) is 4.36. The zero-order valence-corrected chi connectivity index (χ0v) is 11.2. The lowest BCUT2D eigenvalue weighted by molar-refractivity contribution is -0.138. The fourth-order valence-corrected chi connectivity index (χ4v) is 2.51. The second-order valence-corrected chi connectivity index (χ2v) is 5.22. The Morgan fingerprint density at radius 3 is 2.50 bits per heavy atom. The fraction of sp³-hybridized carbons (Fsp3) is 0.500. The van der Waals surface area contributed by atoms with E-state index < -0.39 is 11.7 Å². The normalized spacial score (nSPS) is 17.8. The summed E-state index contributed by atoms with van der Waals surface area (Å²) in [4.78, 5) is 0. The van der Waals surface area contributed by atoms with E-state index in [1.54, 1.807) is 6.07 Å². The van der Waals surface area contributed by atoms with E-state index in [0.29, 0.717) is 5.69 Å². The average Bonchev–Trinajstić information content (AvgIpc) is 2.31. The van der Waals surface area contributed by atoms with Crippen molar-refractivity contribution in [1.82, 2.24) is 5.32 Å². The molecule has 6 heteroatoms. The highest BCUT2D eigenvalue weighted by molar-refractivity contribution is 9.10. The Labute approximate surface area is 112 Å². The van der Waals surface area contributed by atoms with E-state index in [1.165, 1.54) is 6.07 Å². The Hall–Kier alpha value is -0.750. The molecule has 1 fully saturated rings. The molecule has 0 amide bonds. The fourth-order valence-electron chi connectivity index (χ4n) is 2.03. The molecule has 1 aromatic rings. The first-order chi connectivity index (χ1) is 8.47. The maximum Gasteiger partial charge on any atom is 0.417 e. The maximum absolute atomic E-state index is 12.7. The van der Waals surface area contributed by atoms with E-state index in [-0.39, 0.29) is 10.5 Å². The Bertz CT molecular complexity index is 414. The van der Waals surface area contributed by atoms with Gasteiger partial charge in [-0.05, 0) is 44.1 Å². The molecule has 2 rings (SSSR count). The lowest BCUT2D eigenvalue weighted by Gasteiger charge is -2.25. The van der Waals surface area contributed by atoms with Gasteiger partial charge in [-0.2, -0.15) is 13.2 Å². The first kappa shape index (κ1) is 13.7. The molecule has 0 unspecified atom stereocenters. The molecule has 1 aromatic carbocycles. The largest absolute Gasteiger partial charge is 0.417 e. The number of piperidine rings is 1. The second kappa shape index (κ2) is 5.48. The highest BCUT2D eigenvalue weighted by Crippen LogP contribution is 2.36. The Kier molecular flexibility index (Phi) is 4.17. The first-order valence-corrected chi connectivity index (χ1v) is 6.60. The number of benzene rings is 1. The molecule has 1 saturated heterocycles. The first-order valence-electron chi connectivity index (χ1n) is 5.81. The predicted octanol–water partition coefficient (Wildman–Crippen LogP) is 3.63. The summed E-state index contributed by atoms with van der Waals surface area (Å²) in [5.41, 5.74) is -0.112. The number of nitrogens with one attached hydrogen (secondary N) is 2. The van der Waals surface area contributed by atoms with Crippen LogP contribution < -0.4 is 10.6 Å². The standard InChI is InChI=1S/C12H14BrF3N2/c13-11-2-1-9(7-10(11)12(14,15)16)18-8-3-5-17-6-4-8/h1-2,7-8,17-18H,3-6H2. The van der Waals surface area contributed by atoms with E-state index in [0.717, 1.165) is 32.0 Å². The third-order valence-electron chi connectivity index (χ3n) is 2.98. The van der Waals surface area contributed by atoms with Gasteiger partial charge < -0.3 is 10.6 Å². The summed E-state index contributed by atoms with van der Waals surface area (Å²) in [5.74, 6) is 0. The van der Waals surface area contributed by atoms with Crippen LogP contribution in [0.5, 0.6) is 0 Å². The Balaban J connectivity index is 2.14. The van der Waals surface area contributed by atoms with Crippen LogP contribution in [0.2, 0.25) is 0 Å². The monoisotopic (exact) mass is 322 g/mol. The van der Waals surface area contributed by atoms with Crippen molar-refractivity contribution < 1.29 is 13.2 Å². The molecule has 1 aliphatic rings. The predicted molar refractivity (Wildman–Crippen MR) is 68.7 cm³/mol. The minimum Gasteiger partial charge on any atom is -0.382 e. The van der Waals surface area contributed by atoms with Crippen molar-refractivity contribution in [3.63, 3.8) is 0 Å². The zero-order chi connectivity index (χ0) is 13.2. The highest BCUT2D eigenvalue weighted by atomic mass is 79.9. The lowest BCUT2D eigenvalue weighted by Crippen LogP contribution is -2.35. The Morgan fingerprint density at radius 1 is 1.22 bits per heavy atom. The molecule has 0 atom stereocenters. The number of hydrogen-bond acceptors (Lipinski definition) is 2. The maximum atomic E-state index is 12.7. The SMILES string of the molecule is FC(F)(F)c1cc(NC2CCNCC2)ccc1Br. The van der Waals surface area contributed by atoms with Crippen LogP contribution in [0.3, 0.4) is 0 Å². The van der Waals surface area contributed by atoms with Gasteiger partial charge in [-0.25, -0.2) is 0 Å². The van der Waals surface area contributed by atoms with Crippen LogP contribution in [-0.4, -0.2) is 19.1 Å². The number of rotatable bonds is 2. The third kappa shape index (κ3) is 3.38. The molecule has 100 valence electrons. The van der Waals surface area contributed by atoms with Gasteiger partial charge in [0.15, 0.2) is 0 Å². The third-order valence-corrected chi connectivity index (χ3v) is 3.67. The summed E-state index contributed by atoms with van der Waals surface area (Å²) >= 11 is 2.93. The van der Waals surface area contributed by atoms with Crippen LogP contribution in [0.4, 0.5) is 18.9 Å². The molecule has 0 radical (unpaired) electrons. The van der Waals surface area contributed by atoms with Crippen molar-refractivity contribution in [1.29, 1.82) is 0 Å². The summed E-state index contributed by atoms with van der Waals surface area (Å²) in [5, 5.41) is 6.38. The summed E-state index contributed by atoms with van der Waals surface area (Å²) in [6.07, 6.45) is -2.47. The van der Waals surface area contributed by atoms with Gasteiger partial charge in [0.2, 0.25) is 0 Å². The molecule has 1 aliphatic heterocycles. The summed E-state index contributed by atoms with van der Waals surface area (Å²) < 4.78 is 38.3. The van der Waals surface area contributed by atoms with E-state index >= 15 is 0 Å². The van der Waals surface area contributed by atoms with Crippen LogP contribution in [0.25, 0.3) is 0 Å². The number of hydrogen-bond donors (Lipinski definition) is 2. The summed E-state index contributed by atoms with van der Waals surface area (Å²) in [7, 11) is 0. The topological polar surface area (TPSA) is 24.1 Å². The van der Waals surface area contributed by atoms with Crippen LogP contribution in [0, 0.1) is 0 Å². The number of halogens is 4. The van der Waals surface area contributed by atoms with E-state index in [9.17, 15) is 13.2 Å². The van der Waals surface area contributed by atoms with Crippen molar-refractivity contribution in [3.8, 4) is 0 Å². The van der Waals surface area contributed by atoms with Crippen LogP contribution in [-0.2, 0) is 6.18 Å². The quantitative estimate of drug-likeness (QED) is 0.868. The zero-order valence-electron chi connectivity index (χ0n) is 9.65. The van der Waals surface area contributed by atoms with Gasteiger partial charge in [-0.3, -0.25) is 0 Å². The van der Waals surface area contributed by atoms with Gasteiger partial charge in [0.1, 0.15) is 0 Å². The van der Waals surface area contributed by atoms with Crippen LogP contribution in [0.15, 0.2) is 22.7 Å². The molecular weight excluding hydrogens is 309 g/mol. The van der Waals surface area contributed by atoms with Crippen molar-refractivity contribution in [2.75, 3.05) is 18.4 Å². The molecule has 2 N–H and O–H groups in total. The molecular formula is C12H14BrF3N2. The van der Waals surface area contributed by atoms with Crippen molar-refractivity contribution in [2.45, 2.75) is 25.1 Å². The van der Waals surface area contributed by atoms with Crippen LogP contribution in [0.1, 0.15) is 18.4 Å². The Morgan fingerprint density at radius 2 is 1.89 bits per heavy atom.